The molecule has 0 bridgehead atoms. The minimum absolute atomic E-state index is 0.167. The van der Waals surface area contributed by atoms with Crippen LogP contribution in [0.2, 0.25) is 0 Å². The highest BCUT2D eigenvalue weighted by atomic mass is 16.5. The molecule has 5 nitrogen and oxygen atoms in total. The Balaban J connectivity index is 1.29. The molecule has 0 saturated heterocycles. The minimum Gasteiger partial charge on any atom is -0.445 e. The third-order valence-electron chi connectivity index (χ3n) is 5.46. The third-order valence-corrected chi connectivity index (χ3v) is 5.46. The number of hydrogen-bond donors (Lipinski definition) is 3. The molecule has 0 aliphatic heterocycles. The molecule has 2 atom stereocenters. The van der Waals surface area contributed by atoms with Crippen molar-refractivity contribution >= 4 is 6.09 Å². The van der Waals surface area contributed by atoms with Crippen LogP contribution in [0.1, 0.15) is 51.0 Å². The summed E-state index contributed by atoms with van der Waals surface area (Å²) in [7, 11) is 0. The van der Waals surface area contributed by atoms with Crippen LogP contribution >= 0.6 is 0 Å². The molecule has 5 heteroatoms. The second kappa shape index (κ2) is 8.19. The second-order valence-electron chi connectivity index (χ2n) is 7.88. The molecule has 2 fully saturated rings. The van der Waals surface area contributed by atoms with Gasteiger partial charge in [0.15, 0.2) is 0 Å². The van der Waals surface area contributed by atoms with Crippen molar-refractivity contribution in [2.75, 3.05) is 6.54 Å². The van der Waals surface area contributed by atoms with Crippen LogP contribution in [-0.2, 0) is 11.3 Å². The average molecular weight is 346 g/mol. The molecule has 25 heavy (non-hydrogen) atoms. The number of carbonyl (C=O) groups is 1. The molecular formula is C20H30N2O3. The summed E-state index contributed by atoms with van der Waals surface area (Å²) in [6, 6.07) is 10.2. The molecule has 3 rings (SSSR count). The summed E-state index contributed by atoms with van der Waals surface area (Å²) in [5.74, 6) is 0.607. The zero-order valence-electron chi connectivity index (χ0n) is 15.0. The van der Waals surface area contributed by atoms with Crippen LogP contribution in [0.15, 0.2) is 30.3 Å². The first kappa shape index (κ1) is 18.2. The average Bonchev–Trinajstić information content (AvgIpc) is 2.55. The minimum atomic E-state index is -0.551. The first-order chi connectivity index (χ1) is 12.0. The van der Waals surface area contributed by atoms with Crippen LogP contribution in [0.5, 0.6) is 0 Å². The molecule has 2 unspecified atom stereocenters. The van der Waals surface area contributed by atoms with Gasteiger partial charge in [-0.2, -0.15) is 0 Å². The van der Waals surface area contributed by atoms with Crippen molar-refractivity contribution < 1.29 is 14.6 Å². The number of benzene rings is 1. The van der Waals surface area contributed by atoms with E-state index in [1.807, 2.05) is 30.3 Å². The van der Waals surface area contributed by atoms with Gasteiger partial charge in [0.2, 0.25) is 0 Å². The number of aliphatic hydroxyl groups is 1. The Morgan fingerprint density at radius 1 is 1.28 bits per heavy atom. The van der Waals surface area contributed by atoms with E-state index < -0.39 is 5.60 Å². The smallest absolute Gasteiger partial charge is 0.407 e. The van der Waals surface area contributed by atoms with Crippen molar-refractivity contribution in [3.8, 4) is 0 Å². The summed E-state index contributed by atoms with van der Waals surface area (Å²) in [5.41, 5.74) is 0.436. The highest BCUT2D eigenvalue weighted by molar-refractivity contribution is 5.67. The lowest BCUT2D eigenvalue weighted by Crippen LogP contribution is -2.56. The maximum atomic E-state index is 11.8. The zero-order valence-corrected chi connectivity index (χ0v) is 15.0. The summed E-state index contributed by atoms with van der Waals surface area (Å²) in [6.45, 7) is 3.17. The lowest BCUT2D eigenvalue weighted by Gasteiger charge is -2.41. The molecule has 138 valence electrons. The fourth-order valence-electron chi connectivity index (χ4n) is 3.96. The Morgan fingerprint density at radius 2 is 2.04 bits per heavy atom. The Kier molecular flexibility index (Phi) is 5.97. The van der Waals surface area contributed by atoms with Gasteiger partial charge >= 0.3 is 6.09 Å². The number of hydrogen-bond acceptors (Lipinski definition) is 4. The van der Waals surface area contributed by atoms with E-state index in [0.29, 0.717) is 25.1 Å². The van der Waals surface area contributed by atoms with Gasteiger partial charge in [0.25, 0.3) is 0 Å². The predicted molar refractivity (Wildman–Crippen MR) is 97.2 cm³/mol. The number of alkyl carbamates (subject to hydrolysis) is 1. The van der Waals surface area contributed by atoms with Crippen LogP contribution in [0.3, 0.4) is 0 Å². The summed E-state index contributed by atoms with van der Waals surface area (Å²) in [4.78, 5) is 11.8. The first-order valence-electron chi connectivity index (χ1n) is 9.45. The molecule has 0 heterocycles. The maximum absolute atomic E-state index is 11.8. The van der Waals surface area contributed by atoms with Gasteiger partial charge in [-0.15, -0.1) is 0 Å². The lowest BCUT2D eigenvalue weighted by atomic mass is 9.78. The Bertz CT molecular complexity index is 559. The van der Waals surface area contributed by atoms with Gasteiger partial charge in [0.05, 0.1) is 5.60 Å². The van der Waals surface area contributed by atoms with Crippen LogP contribution in [-0.4, -0.2) is 35.4 Å². The van der Waals surface area contributed by atoms with Crippen molar-refractivity contribution in [2.45, 2.75) is 69.7 Å². The molecule has 0 radical (unpaired) electrons. The Labute approximate surface area is 150 Å². The van der Waals surface area contributed by atoms with E-state index in [9.17, 15) is 9.90 Å². The normalized spacial score (nSPS) is 31.8. The summed E-state index contributed by atoms with van der Waals surface area (Å²) in [5, 5.41) is 17.0. The SMILES string of the molecule is CC1CCCC(O)(CNC2CC(NC(=O)OCc3ccccc3)C2)C1. The fraction of sp³-hybridized carbons (Fsp3) is 0.650. The van der Waals surface area contributed by atoms with E-state index in [0.717, 1.165) is 37.7 Å². The van der Waals surface area contributed by atoms with Gasteiger partial charge in [0.1, 0.15) is 6.61 Å². The zero-order chi connectivity index (χ0) is 17.7. The molecule has 2 aliphatic carbocycles. The van der Waals surface area contributed by atoms with Crippen molar-refractivity contribution in [3.63, 3.8) is 0 Å². The Morgan fingerprint density at radius 3 is 2.76 bits per heavy atom. The highest BCUT2D eigenvalue weighted by Gasteiger charge is 2.36. The van der Waals surface area contributed by atoms with Crippen molar-refractivity contribution in [2.24, 2.45) is 5.92 Å². The van der Waals surface area contributed by atoms with E-state index in [4.69, 9.17) is 4.74 Å². The van der Waals surface area contributed by atoms with Gasteiger partial charge in [-0.05, 0) is 37.2 Å². The molecule has 0 spiro atoms. The second-order valence-corrected chi connectivity index (χ2v) is 7.88. The topological polar surface area (TPSA) is 70.6 Å². The molecule has 1 aromatic rings. The van der Waals surface area contributed by atoms with Gasteiger partial charge in [-0.3, -0.25) is 0 Å². The third kappa shape index (κ3) is 5.44. The van der Waals surface area contributed by atoms with Crippen molar-refractivity contribution in [1.82, 2.24) is 10.6 Å². The number of carbonyl (C=O) groups excluding carboxylic acids is 1. The predicted octanol–water partition coefficient (Wildman–Crippen LogP) is 2.97. The largest absolute Gasteiger partial charge is 0.445 e. The Hall–Kier alpha value is -1.59. The van der Waals surface area contributed by atoms with Crippen molar-refractivity contribution in [1.29, 1.82) is 0 Å². The number of nitrogens with one attached hydrogen (secondary N) is 2. The monoisotopic (exact) mass is 346 g/mol. The lowest BCUT2D eigenvalue weighted by molar-refractivity contribution is -0.0166. The van der Waals surface area contributed by atoms with E-state index >= 15 is 0 Å². The highest BCUT2D eigenvalue weighted by Crippen LogP contribution is 2.32. The number of ether oxygens (including phenoxy) is 1. The molecular weight excluding hydrogens is 316 g/mol. The van der Waals surface area contributed by atoms with Crippen LogP contribution in [0, 0.1) is 5.92 Å². The van der Waals surface area contributed by atoms with Crippen LogP contribution in [0.25, 0.3) is 0 Å². The molecule has 1 aromatic carbocycles. The van der Waals surface area contributed by atoms with Crippen LogP contribution in [0.4, 0.5) is 4.79 Å². The molecule has 2 saturated carbocycles. The standard InChI is InChI=1S/C20H30N2O3/c1-15-6-5-9-20(24,12-15)14-21-17-10-18(11-17)22-19(23)25-13-16-7-3-2-4-8-16/h2-4,7-8,15,17-18,21,24H,5-6,9-14H2,1H3,(H,22,23). The first-order valence-corrected chi connectivity index (χ1v) is 9.45. The maximum Gasteiger partial charge on any atom is 0.407 e. The summed E-state index contributed by atoms with van der Waals surface area (Å²) < 4.78 is 5.24. The summed E-state index contributed by atoms with van der Waals surface area (Å²) in [6.07, 6.45) is 5.56. The van der Waals surface area contributed by atoms with Gasteiger partial charge in [-0.25, -0.2) is 4.79 Å². The molecule has 3 N–H and O–H groups in total. The number of rotatable bonds is 6. The van der Waals surface area contributed by atoms with Crippen LogP contribution < -0.4 is 10.6 Å². The van der Waals surface area contributed by atoms with Crippen molar-refractivity contribution in [3.05, 3.63) is 35.9 Å². The van der Waals surface area contributed by atoms with E-state index in [2.05, 4.69) is 17.6 Å². The quantitative estimate of drug-likeness (QED) is 0.741. The molecule has 0 aromatic heterocycles. The van der Waals surface area contributed by atoms with Gasteiger partial charge < -0.3 is 20.5 Å². The fourth-order valence-corrected chi connectivity index (χ4v) is 3.96. The molecule has 1 amide bonds. The molecule has 2 aliphatic rings. The van der Waals surface area contributed by atoms with E-state index in [-0.39, 0.29) is 12.1 Å². The summed E-state index contributed by atoms with van der Waals surface area (Å²) >= 11 is 0. The number of amides is 1. The van der Waals surface area contributed by atoms with Gasteiger partial charge in [-0.1, -0.05) is 50.1 Å². The van der Waals surface area contributed by atoms with E-state index in [1.54, 1.807) is 0 Å². The van der Waals surface area contributed by atoms with E-state index in [1.165, 1.54) is 6.42 Å². The van der Waals surface area contributed by atoms with Gasteiger partial charge in [0, 0.05) is 18.6 Å².